The lowest BCUT2D eigenvalue weighted by Crippen LogP contribution is -2.37. The summed E-state index contributed by atoms with van der Waals surface area (Å²) < 4.78 is 0. The van der Waals surface area contributed by atoms with Crippen molar-refractivity contribution in [3.63, 3.8) is 0 Å². The van der Waals surface area contributed by atoms with Crippen LogP contribution in [0.2, 0.25) is 0 Å². The molecule has 0 bridgehead atoms. The Morgan fingerprint density at radius 2 is 1.94 bits per heavy atom. The molecule has 0 radical (unpaired) electrons. The van der Waals surface area contributed by atoms with E-state index in [9.17, 15) is 20.4 Å². The third-order valence-corrected chi connectivity index (χ3v) is 8.37. The number of hydrogen-bond acceptors (Lipinski definition) is 4. The quantitative estimate of drug-likeness (QED) is 0.491. The van der Waals surface area contributed by atoms with Crippen molar-refractivity contribution in [2.24, 2.45) is 23.2 Å². The van der Waals surface area contributed by atoms with Gasteiger partial charge in [0.05, 0.1) is 23.9 Å². The zero-order valence-corrected chi connectivity index (χ0v) is 20.0. The summed E-state index contributed by atoms with van der Waals surface area (Å²) >= 11 is 0. The molecule has 4 nitrogen and oxygen atoms in total. The average molecular weight is 433 g/mol. The van der Waals surface area contributed by atoms with E-state index in [1.807, 2.05) is 0 Å². The molecule has 3 aliphatic carbocycles. The summed E-state index contributed by atoms with van der Waals surface area (Å²) in [5.74, 6) is 1.57. The van der Waals surface area contributed by atoms with Crippen LogP contribution in [0.5, 0.6) is 0 Å². The van der Waals surface area contributed by atoms with Gasteiger partial charge in [-0.05, 0) is 93.1 Å². The number of aliphatic hydroxyl groups is 4. The van der Waals surface area contributed by atoms with E-state index in [1.165, 1.54) is 31.3 Å². The average Bonchev–Trinajstić information content (AvgIpc) is 2.99. The number of allylic oxidation sites excluding steroid dienone is 3. The monoisotopic (exact) mass is 432 g/mol. The maximum Gasteiger partial charge on any atom is 0.0811 e. The van der Waals surface area contributed by atoms with Gasteiger partial charge in [0, 0.05) is 12.8 Å². The topological polar surface area (TPSA) is 80.9 Å². The zero-order valence-electron chi connectivity index (χ0n) is 20.0. The molecule has 3 aliphatic rings. The van der Waals surface area contributed by atoms with Crippen LogP contribution in [0.25, 0.3) is 0 Å². The van der Waals surface area contributed by atoms with Crippen molar-refractivity contribution in [3.8, 4) is 0 Å². The molecule has 0 aromatic rings. The van der Waals surface area contributed by atoms with Gasteiger partial charge in [-0.2, -0.15) is 0 Å². The Hall–Kier alpha value is -0.940. The Morgan fingerprint density at radius 1 is 1.23 bits per heavy atom. The van der Waals surface area contributed by atoms with Crippen LogP contribution in [0.15, 0.2) is 35.5 Å². The molecule has 4 N–H and O–H groups in total. The van der Waals surface area contributed by atoms with Crippen LogP contribution in [0, 0.1) is 23.2 Å². The highest BCUT2D eigenvalue weighted by atomic mass is 16.3. The van der Waals surface area contributed by atoms with Crippen LogP contribution in [-0.2, 0) is 0 Å². The fraction of sp³-hybridized carbons (Fsp3) is 0.778. The fourth-order valence-corrected chi connectivity index (χ4v) is 6.93. The van der Waals surface area contributed by atoms with Crippen molar-refractivity contribution < 1.29 is 20.4 Å². The largest absolute Gasteiger partial charge is 0.393 e. The molecule has 0 aliphatic heterocycles. The third-order valence-electron chi connectivity index (χ3n) is 8.37. The van der Waals surface area contributed by atoms with Crippen LogP contribution >= 0.6 is 0 Å². The first-order valence-electron chi connectivity index (χ1n) is 12.3. The van der Waals surface area contributed by atoms with E-state index in [1.54, 1.807) is 13.8 Å². The van der Waals surface area contributed by atoms with Crippen LogP contribution < -0.4 is 0 Å². The second-order valence-electron chi connectivity index (χ2n) is 11.5. The second kappa shape index (κ2) is 9.51. The van der Waals surface area contributed by atoms with E-state index in [0.717, 1.165) is 24.0 Å². The summed E-state index contributed by atoms with van der Waals surface area (Å²) in [6, 6.07) is 0. The predicted molar refractivity (Wildman–Crippen MR) is 125 cm³/mol. The third kappa shape index (κ3) is 5.71. The molecule has 176 valence electrons. The van der Waals surface area contributed by atoms with E-state index >= 15 is 0 Å². The summed E-state index contributed by atoms with van der Waals surface area (Å²) in [7, 11) is 0. The van der Waals surface area contributed by atoms with Crippen LogP contribution in [-0.4, -0.2) is 44.3 Å². The summed E-state index contributed by atoms with van der Waals surface area (Å²) in [5, 5.41) is 40.7. The summed E-state index contributed by atoms with van der Waals surface area (Å²) in [6.45, 7) is 12.3. The standard InChI is InChI=1S/C27H44O4/c1-17(13-22(29)16-26(3,4)31)23-10-11-24-19(7-6-12-27(23,24)5)8-9-20-14-21(28)15-25(30)18(20)2/h8-9,17,21-25,28-31H,2,6-7,10-16H2,1,3-5H3/b19-8+,20-9-/t17-,21-,22?,23-,24+,25+,27-/m1/s1. The predicted octanol–water partition coefficient (Wildman–Crippen LogP) is 4.68. The van der Waals surface area contributed by atoms with E-state index < -0.39 is 23.9 Å². The highest BCUT2D eigenvalue weighted by Crippen LogP contribution is 2.60. The van der Waals surface area contributed by atoms with Crippen LogP contribution in [0.3, 0.4) is 0 Å². The Bertz CT molecular complexity index is 715. The van der Waals surface area contributed by atoms with Gasteiger partial charge in [-0.25, -0.2) is 0 Å². The molecule has 0 spiro atoms. The van der Waals surface area contributed by atoms with Gasteiger partial charge in [-0.3, -0.25) is 0 Å². The summed E-state index contributed by atoms with van der Waals surface area (Å²) in [5.41, 5.74) is 2.64. The normalized spacial score (nSPS) is 39.0. The Balaban J connectivity index is 1.72. The van der Waals surface area contributed by atoms with E-state index in [2.05, 4.69) is 32.6 Å². The highest BCUT2D eigenvalue weighted by Gasteiger charge is 2.50. The Kier molecular flexibility index (Phi) is 7.57. The Labute approximate surface area is 188 Å². The number of hydrogen-bond donors (Lipinski definition) is 4. The fourth-order valence-electron chi connectivity index (χ4n) is 6.93. The molecular weight excluding hydrogens is 388 g/mol. The minimum Gasteiger partial charge on any atom is -0.393 e. The van der Waals surface area contributed by atoms with Crippen LogP contribution in [0.4, 0.5) is 0 Å². The van der Waals surface area contributed by atoms with Crippen molar-refractivity contribution in [1.29, 1.82) is 0 Å². The van der Waals surface area contributed by atoms with Gasteiger partial charge in [0.2, 0.25) is 0 Å². The number of fused-ring (bicyclic) bond motifs is 1. The van der Waals surface area contributed by atoms with Gasteiger partial charge < -0.3 is 20.4 Å². The highest BCUT2D eigenvalue weighted by molar-refractivity contribution is 5.38. The first-order chi connectivity index (χ1) is 14.4. The van der Waals surface area contributed by atoms with Crippen LogP contribution in [0.1, 0.15) is 85.5 Å². The summed E-state index contributed by atoms with van der Waals surface area (Å²) in [4.78, 5) is 0. The molecule has 4 heteroatoms. The molecule has 3 saturated carbocycles. The molecule has 3 rings (SSSR count). The van der Waals surface area contributed by atoms with Gasteiger partial charge in [0.1, 0.15) is 0 Å². The van der Waals surface area contributed by atoms with E-state index in [4.69, 9.17) is 0 Å². The maximum absolute atomic E-state index is 10.5. The lowest BCUT2D eigenvalue weighted by molar-refractivity contribution is 0.000127. The molecule has 0 saturated heterocycles. The van der Waals surface area contributed by atoms with Gasteiger partial charge in [-0.15, -0.1) is 0 Å². The zero-order chi connectivity index (χ0) is 23.0. The first-order valence-corrected chi connectivity index (χ1v) is 12.3. The lowest BCUT2D eigenvalue weighted by Gasteiger charge is -2.44. The van der Waals surface area contributed by atoms with E-state index in [0.29, 0.717) is 37.0 Å². The van der Waals surface area contributed by atoms with Crippen molar-refractivity contribution in [1.82, 2.24) is 0 Å². The molecule has 1 unspecified atom stereocenters. The molecule has 0 aromatic carbocycles. The SMILES string of the molecule is C=C1/C(=C\C=C2/CCC[C@]3(C)[C@@H]([C@H](C)CC(O)CC(C)(C)O)CC[C@@H]23)C[C@@H](O)C[C@@H]1O. The van der Waals surface area contributed by atoms with Crippen molar-refractivity contribution >= 4 is 0 Å². The van der Waals surface area contributed by atoms with Gasteiger partial charge in [0.15, 0.2) is 0 Å². The van der Waals surface area contributed by atoms with Crippen molar-refractivity contribution in [2.75, 3.05) is 0 Å². The molecule has 0 aromatic heterocycles. The van der Waals surface area contributed by atoms with E-state index in [-0.39, 0.29) is 5.41 Å². The van der Waals surface area contributed by atoms with Crippen molar-refractivity contribution in [2.45, 2.75) is 109 Å². The molecule has 0 amide bonds. The van der Waals surface area contributed by atoms with Gasteiger partial charge >= 0.3 is 0 Å². The number of aliphatic hydroxyl groups excluding tert-OH is 3. The lowest BCUT2D eigenvalue weighted by atomic mass is 9.60. The molecule has 7 atom stereocenters. The minimum atomic E-state index is -0.834. The van der Waals surface area contributed by atoms with Gasteiger partial charge in [-0.1, -0.05) is 38.2 Å². The second-order valence-corrected chi connectivity index (χ2v) is 11.5. The van der Waals surface area contributed by atoms with Crippen molar-refractivity contribution in [3.05, 3.63) is 35.5 Å². The Morgan fingerprint density at radius 3 is 2.61 bits per heavy atom. The number of rotatable bonds is 6. The van der Waals surface area contributed by atoms with Gasteiger partial charge in [0.25, 0.3) is 0 Å². The molecule has 0 heterocycles. The smallest absolute Gasteiger partial charge is 0.0811 e. The minimum absolute atomic E-state index is 0.249. The summed E-state index contributed by atoms with van der Waals surface area (Å²) in [6.07, 6.45) is 10.8. The molecule has 3 fully saturated rings. The first kappa shape index (κ1) is 24.7. The molecule has 31 heavy (non-hydrogen) atoms. The maximum atomic E-state index is 10.5. The molecular formula is C27H44O4.